The topological polar surface area (TPSA) is 154 Å². The highest BCUT2D eigenvalue weighted by molar-refractivity contribution is 7.89. The number of ether oxygens (including phenoxy) is 2. The third kappa shape index (κ3) is 7.17. The lowest BCUT2D eigenvalue weighted by atomic mass is 10.1. The Kier molecular flexibility index (Phi) is 8.80. The van der Waals surface area contributed by atoms with Gasteiger partial charge >= 0.3 is 12.0 Å². The summed E-state index contributed by atoms with van der Waals surface area (Å²) in [6, 6.07) is 9.16. The van der Waals surface area contributed by atoms with Crippen LogP contribution in [0.4, 0.5) is 4.79 Å². The first-order valence-corrected chi connectivity index (χ1v) is 11.5. The number of urea groups is 1. The number of methoxy groups -OCH3 is 1. The Morgan fingerprint density at radius 3 is 2.27 bits per heavy atom. The summed E-state index contributed by atoms with van der Waals surface area (Å²) in [4.78, 5) is 35.4. The number of amides is 3. The van der Waals surface area contributed by atoms with E-state index in [0.29, 0.717) is 10.6 Å². The van der Waals surface area contributed by atoms with Gasteiger partial charge in [0, 0.05) is 11.6 Å². The van der Waals surface area contributed by atoms with Crippen molar-refractivity contribution in [2.45, 2.75) is 31.4 Å². The SMILES string of the molecule is COc1ccc(C(=O)OC(C(=O)NC(N)=O)C(C)C)cc1S(=O)(=O)NCc1ccc(Cl)cc1. The molecule has 4 N–H and O–H groups in total. The molecule has 0 aliphatic rings. The molecule has 10 nitrogen and oxygen atoms in total. The van der Waals surface area contributed by atoms with Crippen LogP contribution in [0, 0.1) is 5.92 Å². The monoisotopic (exact) mass is 497 g/mol. The number of primary amides is 1. The van der Waals surface area contributed by atoms with E-state index in [-0.39, 0.29) is 22.8 Å². The van der Waals surface area contributed by atoms with Crippen molar-refractivity contribution in [2.75, 3.05) is 7.11 Å². The van der Waals surface area contributed by atoms with E-state index < -0.39 is 40.0 Å². The van der Waals surface area contributed by atoms with Gasteiger partial charge in [-0.25, -0.2) is 22.7 Å². The standard InChI is InChI=1S/C21H24ClN3O7S/c1-12(2)18(19(26)25-21(23)28)32-20(27)14-6-9-16(31-3)17(10-14)33(29,30)24-11-13-4-7-15(22)8-5-13/h4-10,12,18,24H,11H2,1-3H3,(H3,23,25,26,28). The van der Waals surface area contributed by atoms with Crippen LogP contribution in [-0.4, -0.2) is 39.5 Å². The summed E-state index contributed by atoms with van der Waals surface area (Å²) in [5.74, 6) is -2.35. The van der Waals surface area contributed by atoms with E-state index in [9.17, 15) is 22.8 Å². The fraction of sp³-hybridized carbons (Fsp3) is 0.286. The first kappa shape index (κ1) is 26.1. The first-order chi connectivity index (χ1) is 15.4. The lowest BCUT2D eigenvalue weighted by molar-refractivity contribution is -0.130. The molecule has 178 valence electrons. The molecule has 12 heteroatoms. The summed E-state index contributed by atoms with van der Waals surface area (Å²) >= 11 is 5.84. The number of hydrogen-bond acceptors (Lipinski definition) is 7. The number of nitrogens with two attached hydrogens (primary N) is 1. The van der Waals surface area contributed by atoms with Gasteiger partial charge in [-0.15, -0.1) is 0 Å². The van der Waals surface area contributed by atoms with Crippen LogP contribution in [0.5, 0.6) is 5.75 Å². The number of rotatable bonds is 9. The minimum absolute atomic E-state index is 0.00189. The van der Waals surface area contributed by atoms with Crippen molar-refractivity contribution >= 4 is 39.5 Å². The second-order valence-corrected chi connectivity index (χ2v) is 9.41. The molecule has 1 unspecified atom stereocenters. The third-order valence-electron chi connectivity index (χ3n) is 4.41. The molecule has 0 saturated carbocycles. The maximum absolute atomic E-state index is 12.9. The van der Waals surface area contributed by atoms with E-state index in [4.69, 9.17) is 26.8 Å². The number of carbonyl (C=O) groups is 3. The van der Waals surface area contributed by atoms with Crippen molar-refractivity contribution in [1.82, 2.24) is 10.0 Å². The summed E-state index contributed by atoms with van der Waals surface area (Å²) in [7, 11) is -2.81. The van der Waals surface area contributed by atoms with Gasteiger partial charge in [0.1, 0.15) is 10.6 Å². The number of hydrogen-bond donors (Lipinski definition) is 3. The van der Waals surface area contributed by atoms with Crippen LogP contribution in [0.15, 0.2) is 47.4 Å². The van der Waals surface area contributed by atoms with Gasteiger partial charge < -0.3 is 15.2 Å². The first-order valence-electron chi connectivity index (χ1n) is 9.68. The molecule has 33 heavy (non-hydrogen) atoms. The van der Waals surface area contributed by atoms with Gasteiger partial charge in [0.2, 0.25) is 10.0 Å². The van der Waals surface area contributed by atoms with Gasteiger partial charge in [0.15, 0.2) is 6.10 Å². The highest BCUT2D eigenvalue weighted by Gasteiger charge is 2.29. The highest BCUT2D eigenvalue weighted by atomic mass is 35.5. The quantitative estimate of drug-likeness (QED) is 0.448. The average Bonchev–Trinajstić information content (AvgIpc) is 2.75. The molecule has 0 fully saturated rings. The largest absolute Gasteiger partial charge is 0.495 e. The molecular weight excluding hydrogens is 474 g/mol. The van der Waals surface area contributed by atoms with Crippen molar-refractivity contribution in [3.63, 3.8) is 0 Å². The summed E-state index contributed by atoms with van der Waals surface area (Å²) < 4.78 is 38.6. The molecule has 2 rings (SSSR count). The number of benzene rings is 2. The van der Waals surface area contributed by atoms with E-state index >= 15 is 0 Å². The van der Waals surface area contributed by atoms with Gasteiger partial charge in [-0.3, -0.25) is 10.1 Å². The number of imide groups is 1. The van der Waals surface area contributed by atoms with Crippen LogP contribution >= 0.6 is 11.6 Å². The lowest BCUT2D eigenvalue weighted by Crippen LogP contribution is -2.45. The lowest BCUT2D eigenvalue weighted by Gasteiger charge is -2.20. The number of esters is 1. The Labute approximate surface area is 196 Å². The van der Waals surface area contributed by atoms with E-state index in [1.54, 1.807) is 38.1 Å². The van der Waals surface area contributed by atoms with Crippen LogP contribution < -0.4 is 20.5 Å². The van der Waals surface area contributed by atoms with Crippen LogP contribution in [0.25, 0.3) is 0 Å². The summed E-state index contributed by atoms with van der Waals surface area (Å²) in [5, 5.41) is 2.37. The number of nitrogens with one attached hydrogen (secondary N) is 2. The Hall–Kier alpha value is -3.15. The fourth-order valence-corrected chi connectivity index (χ4v) is 4.08. The smallest absolute Gasteiger partial charge is 0.338 e. The summed E-state index contributed by atoms with van der Waals surface area (Å²) in [6.45, 7) is 3.17. The molecule has 0 saturated heterocycles. The third-order valence-corrected chi connectivity index (χ3v) is 6.09. The second-order valence-electron chi connectivity index (χ2n) is 7.24. The van der Waals surface area contributed by atoms with Crippen LogP contribution in [0.2, 0.25) is 5.02 Å². The minimum Gasteiger partial charge on any atom is -0.495 e. The molecule has 0 radical (unpaired) electrons. The Morgan fingerprint density at radius 1 is 1.09 bits per heavy atom. The molecule has 0 aliphatic heterocycles. The van der Waals surface area contributed by atoms with Gasteiger partial charge in [0.25, 0.3) is 5.91 Å². The number of carbonyl (C=O) groups excluding carboxylic acids is 3. The second kappa shape index (κ2) is 11.1. The minimum atomic E-state index is -4.10. The predicted molar refractivity (Wildman–Crippen MR) is 120 cm³/mol. The average molecular weight is 498 g/mol. The van der Waals surface area contributed by atoms with Gasteiger partial charge in [-0.05, 0) is 41.8 Å². The van der Waals surface area contributed by atoms with Crippen molar-refractivity contribution in [2.24, 2.45) is 11.7 Å². The molecule has 0 heterocycles. The van der Waals surface area contributed by atoms with Crippen molar-refractivity contribution in [3.05, 3.63) is 58.6 Å². The van der Waals surface area contributed by atoms with Crippen LogP contribution in [0.3, 0.4) is 0 Å². The maximum Gasteiger partial charge on any atom is 0.338 e. The zero-order valence-electron chi connectivity index (χ0n) is 18.1. The molecular formula is C21H24ClN3O7S. The molecule has 0 aliphatic carbocycles. The van der Waals surface area contributed by atoms with Crippen molar-refractivity contribution < 1.29 is 32.3 Å². The Morgan fingerprint density at radius 2 is 1.73 bits per heavy atom. The molecule has 0 bridgehead atoms. The molecule has 1 atom stereocenters. The van der Waals surface area contributed by atoms with Gasteiger partial charge in [0.05, 0.1) is 12.7 Å². The van der Waals surface area contributed by atoms with Crippen LogP contribution in [0.1, 0.15) is 29.8 Å². The van der Waals surface area contributed by atoms with Gasteiger partial charge in [-0.1, -0.05) is 37.6 Å². The van der Waals surface area contributed by atoms with Gasteiger partial charge in [-0.2, -0.15) is 0 Å². The van der Waals surface area contributed by atoms with Crippen molar-refractivity contribution in [3.8, 4) is 5.75 Å². The van der Waals surface area contributed by atoms with Crippen molar-refractivity contribution in [1.29, 1.82) is 0 Å². The van der Waals surface area contributed by atoms with Crippen LogP contribution in [-0.2, 0) is 26.1 Å². The zero-order chi connectivity index (χ0) is 24.8. The highest BCUT2D eigenvalue weighted by Crippen LogP contribution is 2.26. The van der Waals surface area contributed by atoms with E-state index in [1.807, 2.05) is 5.32 Å². The zero-order valence-corrected chi connectivity index (χ0v) is 19.7. The van der Waals surface area contributed by atoms with E-state index in [2.05, 4.69) is 4.72 Å². The Bertz CT molecular complexity index is 1140. The summed E-state index contributed by atoms with van der Waals surface area (Å²) in [5.41, 5.74) is 5.47. The number of sulfonamides is 1. The van der Waals surface area contributed by atoms with E-state index in [1.165, 1.54) is 19.2 Å². The molecule has 0 spiro atoms. The number of halogens is 1. The fourth-order valence-electron chi connectivity index (χ4n) is 2.74. The molecule has 2 aromatic rings. The molecule has 2 aromatic carbocycles. The Balaban J connectivity index is 2.28. The predicted octanol–water partition coefficient (Wildman–Crippen LogP) is 2.20. The molecule has 0 aromatic heterocycles. The van der Waals surface area contributed by atoms with E-state index in [0.717, 1.165) is 6.07 Å². The normalized spacial score (nSPS) is 12.2. The molecule has 3 amide bonds. The maximum atomic E-state index is 12.9. The summed E-state index contributed by atoms with van der Waals surface area (Å²) in [6.07, 6.45) is -1.32.